The molecule has 1 aromatic carbocycles. The third-order valence-corrected chi connectivity index (χ3v) is 3.56. The number of benzene rings is 1. The number of nitrogens with one attached hydrogen (secondary N) is 1. The molecule has 2 rings (SSSR count). The Balaban J connectivity index is 1.94. The van der Waals surface area contributed by atoms with Gasteiger partial charge in [-0.1, -0.05) is 25.0 Å². The van der Waals surface area contributed by atoms with Gasteiger partial charge in [0.1, 0.15) is 0 Å². The lowest BCUT2D eigenvalue weighted by Crippen LogP contribution is -2.45. The molecule has 6 nitrogen and oxygen atoms in total. The smallest absolute Gasteiger partial charge is 0.269 e. The molecule has 0 aromatic heterocycles. The van der Waals surface area contributed by atoms with Gasteiger partial charge >= 0.3 is 0 Å². The van der Waals surface area contributed by atoms with Gasteiger partial charge in [0.2, 0.25) is 5.91 Å². The molecular formula is C14H18N2O4. The van der Waals surface area contributed by atoms with Crippen molar-refractivity contribution in [1.82, 2.24) is 5.32 Å². The molecule has 20 heavy (non-hydrogen) atoms. The van der Waals surface area contributed by atoms with Gasteiger partial charge in [0.05, 0.1) is 23.5 Å². The fourth-order valence-electron chi connectivity index (χ4n) is 2.50. The standard InChI is InChI=1S/C14H18N2O4/c17-13-7-2-1-6-12(13)15-14(18)9-10-4-3-5-11(8-10)16(19)20/h3-5,8,12-13,17H,1-2,6-7,9H2,(H,15,18)/t12-,13-/m1/s1. The maximum Gasteiger partial charge on any atom is 0.269 e. The van der Waals surface area contributed by atoms with E-state index in [2.05, 4.69) is 5.32 Å². The molecule has 2 N–H and O–H groups in total. The topological polar surface area (TPSA) is 92.5 Å². The molecule has 1 fully saturated rings. The minimum atomic E-state index is -0.488. The summed E-state index contributed by atoms with van der Waals surface area (Å²) < 4.78 is 0. The number of aliphatic hydroxyl groups is 1. The summed E-state index contributed by atoms with van der Waals surface area (Å²) in [7, 11) is 0. The van der Waals surface area contributed by atoms with Gasteiger partial charge < -0.3 is 10.4 Å². The molecule has 1 aromatic rings. The summed E-state index contributed by atoms with van der Waals surface area (Å²) in [6.07, 6.45) is 3.07. The van der Waals surface area contributed by atoms with Crippen LogP contribution in [0.1, 0.15) is 31.2 Å². The summed E-state index contributed by atoms with van der Waals surface area (Å²) in [5, 5.41) is 23.3. The number of aliphatic hydroxyl groups excluding tert-OH is 1. The first-order valence-electron chi connectivity index (χ1n) is 6.77. The average molecular weight is 278 g/mol. The second-order valence-corrected chi connectivity index (χ2v) is 5.13. The van der Waals surface area contributed by atoms with Crippen molar-refractivity contribution in [1.29, 1.82) is 0 Å². The van der Waals surface area contributed by atoms with Crippen LogP contribution in [0.2, 0.25) is 0 Å². The minimum absolute atomic E-state index is 0.0204. The SMILES string of the molecule is O=C(Cc1cccc([N+](=O)[O-])c1)N[C@@H]1CCCC[C@H]1O. The summed E-state index contributed by atoms with van der Waals surface area (Å²) in [5.41, 5.74) is 0.579. The zero-order valence-corrected chi connectivity index (χ0v) is 11.1. The molecule has 0 bridgehead atoms. The average Bonchev–Trinajstić information content (AvgIpc) is 2.41. The first kappa shape index (κ1) is 14.5. The molecule has 1 amide bonds. The maximum absolute atomic E-state index is 11.9. The Morgan fingerprint density at radius 3 is 2.85 bits per heavy atom. The van der Waals surface area contributed by atoms with Gasteiger partial charge in [-0.25, -0.2) is 0 Å². The van der Waals surface area contributed by atoms with E-state index >= 15 is 0 Å². The van der Waals surface area contributed by atoms with E-state index in [1.54, 1.807) is 12.1 Å². The maximum atomic E-state index is 11.9. The highest BCUT2D eigenvalue weighted by Gasteiger charge is 2.24. The van der Waals surface area contributed by atoms with E-state index in [9.17, 15) is 20.0 Å². The Morgan fingerprint density at radius 2 is 2.15 bits per heavy atom. The quantitative estimate of drug-likeness (QED) is 0.645. The summed E-state index contributed by atoms with van der Waals surface area (Å²) >= 11 is 0. The Bertz CT molecular complexity index is 504. The highest BCUT2D eigenvalue weighted by atomic mass is 16.6. The van der Waals surface area contributed by atoms with Crippen LogP contribution in [0.4, 0.5) is 5.69 Å². The van der Waals surface area contributed by atoms with Gasteiger partial charge in [0.25, 0.3) is 5.69 Å². The molecule has 108 valence electrons. The molecular weight excluding hydrogens is 260 g/mol. The molecule has 0 aliphatic heterocycles. The fourth-order valence-corrected chi connectivity index (χ4v) is 2.50. The van der Waals surface area contributed by atoms with Gasteiger partial charge in [-0.2, -0.15) is 0 Å². The molecule has 0 saturated heterocycles. The molecule has 1 aliphatic rings. The summed E-state index contributed by atoms with van der Waals surface area (Å²) in [4.78, 5) is 22.1. The van der Waals surface area contributed by atoms with Crippen molar-refractivity contribution < 1.29 is 14.8 Å². The zero-order valence-electron chi connectivity index (χ0n) is 11.1. The number of carbonyl (C=O) groups excluding carboxylic acids is 1. The molecule has 0 radical (unpaired) electrons. The predicted molar refractivity (Wildman–Crippen MR) is 73.2 cm³/mol. The normalized spacial score (nSPS) is 22.2. The number of hydrogen-bond acceptors (Lipinski definition) is 4. The number of amides is 1. The first-order valence-corrected chi connectivity index (χ1v) is 6.77. The number of non-ortho nitro benzene ring substituents is 1. The van der Waals surface area contributed by atoms with Crippen molar-refractivity contribution in [3.05, 3.63) is 39.9 Å². The number of nitrogens with zero attached hydrogens (tertiary/aromatic N) is 1. The van der Waals surface area contributed by atoms with Crippen LogP contribution in [0.3, 0.4) is 0 Å². The van der Waals surface area contributed by atoms with E-state index in [0.29, 0.717) is 12.0 Å². The Labute approximate surface area is 117 Å². The van der Waals surface area contributed by atoms with Crippen LogP contribution >= 0.6 is 0 Å². The van der Waals surface area contributed by atoms with Crippen molar-refractivity contribution in [2.24, 2.45) is 0 Å². The van der Waals surface area contributed by atoms with E-state index < -0.39 is 11.0 Å². The molecule has 6 heteroatoms. The minimum Gasteiger partial charge on any atom is -0.391 e. The highest BCUT2D eigenvalue weighted by molar-refractivity contribution is 5.79. The monoisotopic (exact) mass is 278 g/mol. The van der Waals surface area contributed by atoms with E-state index in [1.165, 1.54) is 12.1 Å². The number of rotatable bonds is 4. The van der Waals surface area contributed by atoms with Crippen LogP contribution in [-0.2, 0) is 11.2 Å². The second kappa shape index (κ2) is 6.47. The highest BCUT2D eigenvalue weighted by Crippen LogP contribution is 2.19. The third-order valence-electron chi connectivity index (χ3n) is 3.56. The molecule has 2 atom stereocenters. The third kappa shape index (κ3) is 3.77. The van der Waals surface area contributed by atoms with E-state index in [-0.39, 0.29) is 24.1 Å². The van der Waals surface area contributed by atoms with Crippen LogP contribution in [0.15, 0.2) is 24.3 Å². The molecule has 0 spiro atoms. The van der Waals surface area contributed by atoms with E-state index in [1.807, 2.05) is 0 Å². The summed E-state index contributed by atoms with van der Waals surface area (Å²) in [6.45, 7) is 0. The largest absolute Gasteiger partial charge is 0.391 e. The van der Waals surface area contributed by atoms with Gasteiger partial charge in [0.15, 0.2) is 0 Å². The Hall–Kier alpha value is -1.95. The van der Waals surface area contributed by atoms with Crippen LogP contribution < -0.4 is 5.32 Å². The van der Waals surface area contributed by atoms with Gasteiger partial charge in [0, 0.05) is 12.1 Å². The fraction of sp³-hybridized carbons (Fsp3) is 0.500. The van der Waals surface area contributed by atoms with E-state index in [0.717, 1.165) is 19.3 Å². The van der Waals surface area contributed by atoms with Gasteiger partial charge in [-0.3, -0.25) is 14.9 Å². The van der Waals surface area contributed by atoms with Crippen LogP contribution in [0.5, 0.6) is 0 Å². The van der Waals surface area contributed by atoms with Gasteiger partial charge in [-0.15, -0.1) is 0 Å². The second-order valence-electron chi connectivity index (χ2n) is 5.13. The lowest BCUT2D eigenvalue weighted by molar-refractivity contribution is -0.384. The van der Waals surface area contributed by atoms with Crippen LogP contribution in [0, 0.1) is 10.1 Å². The number of nitro benzene ring substituents is 1. The Morgan fingerprint density at radius 1 is 1.40 bits per heavy atom. The predicted octanol–water partition coefficient (Wildman–Crippen LogP) is 1.56. The van der Waals surface area contributed by atoms with Crippen molar-refractivity contribution in [2.75, 3.05) is 0 Å². The summed E-state index contributed by atoms with van der Waals surface area (Å²) in [6, 6.07) is 5.85. The molecule has 1 aliphatic carbocycles. The molecule has 0 unspecified atom stereocenters. The van der Waals surface area contributed by atoms with Crippen molar-refractivity contribution in [2.45, 2.75) is 44.2 Å². The zero-order chi connectivity index (χ0) is 14.5. The van der Waals surface area contributed by atoms with E-state index in [4.69, 9.17) is 0 Å². The lowest BCUT2D eigenvalue weighted by Gasteiger charge is -2.28. The van der Waals surface area contributed by atoms with Crippen LogP contribution in [-0.4, -0.2) is 28.1 Å². The summed E-state index contributed by atoms with van der Waals surface area (Å²) in [5.74, 6) is -0.212. The van der Waals surface area contributed by atoms with Crippen molar-refractivity contribution in [3.63, 3.8) is 0 Å². The molecule has 0 heterocycles. The van der Waals surface area contributed by atoms with Crippen molar-refractivity contribution in [3.8, 4) is 0 Å². The number of carbonyl (C=O) groups is 1. The lowest BCUT2D eigenvalue weighted by atomic mass is 9.92. The molecule has 1 saturated carbocycles. The number of nitro groups is 1. The Kier molecular flexibility index (Phi) is 4.68. The first-order chi connectivity index (χ1) is 9.56. The van der Waals surface area contributed by atoms with Crippen LogP contribution in [0.25, 0.3) is 0 Å². The van der Waals surface area contributed by atoms with Gasteiger partial charge in [-0.05, 0) is 18.4 Å². The number of hydrogen-bond donors (Lipinski definition) is 2. The van der Waals surface area contributed by atoms with Crippen molar-refractivity contribution >= 4 is 11.6 Å².